The third-order valence-corrected chi connectivity index (χ3v) is 4.47. The Kier molecular flexibility index (Phi) is 2.94. The number of carbonyl (C=O) groups excluding carboxylic acids is 1. The summed E-state index contributed by atoms with van der Waals surface area (Å²) >= 11 is 1.75. The lowest BCUT2D eigenvalue weighted by molar-refractivity contribution is -0.123. The summed E-state index contributed by atoms with van der Waals surface area (Å²) in [5.41, 5.74) is 5.49. The molecular weight excluding hydrogens is 206 g/mol. The zero-order chi connectivity index (χ0) is 10.9. The molecule has 15 heavy (non-hydrogen) atoms. The monoisotopic (exact) mass is 223 g/mol. The first-order chi connectivity index (χ1) is 7.20. The average Bonchev–Trinajstić information content (AvgIpc) is 2.94. The van der Waals surface area contributed by atoms with Gasteiger partial charge < -0.3 is 5.73 Å². The van der Waals surface area contributed by atoms with Crippen molar-refractivity contribution in [3.05, 3.63) is 21.9 Å². The minimum Gasteiger partial charge on any atom is -0.329 e. The van der Waals surface area contributed by atoms with Gasteiger partial charge >= 0.3 is 0 Å². The van der Waals surface area contributed by atoms with E-state index in [0.717, 1.165) is 19.3 Å². The summed E-state index contributed by atoms with van der Waals surface area (Å²) in [5, 5.41) is 0. The summed E-state index contributed by atoms with van der Waals surface area (Å²) < 4.78 is 0. The summed E-state index contributed by atoms with van der Waals surface area (Å²) in [6.07, 6.45) is 3.63. The van der Waals surface area contributed by atoms with E-state index in [4.69, 9.17) is 5.73 Å². The van der Waals surface area contributed by atoms with Crippen molar-refractivity contribution in [1.82, 2.24) is 0 Å². The number of ketones is 1. The quantitative estimate of drug-likeness (QED) is 0.831. The van der Waals surface area contributed by atoms with E-state index >= 15 is 0 Å². The number of nitrogens with two attached hydrogens (primary N) is 1. The van der Waals surface area contributed by atoms with Crippen LogP contribution in [0, 0.1) is 5.41 Å². The van der Waals surface area contributed by atoms with Crippen molar-refractivity contribution in [2.24, 2.45) is 11.1 Å². The lowest BCUT2D eigenvalue weighted by Gasteiger charge is -2.09. The van der Waals surface area contributed by atoms with E-state index in [1.54, 1.807) is 11.3 Å². The number of rotatable bonds is 5. The van der Waals surface area contributed by atoms with E-state index in [1.165, 1.54) is 9.75 Å². The summed E-state index contributed by atoms with van der Waals surface area (Å²) in [4.78, 5) is 14.5. The molecule has 0 radical (unpaired) electrons. The minimum atomic E-state index is -0.142. The molecule has 3 heteroatoms. The molecule has 0 unspecified atom stereocenters. The molecule has 0 aromatic carbocycles. The molecule has 0 saturated heterocycles. The number of hydrogen-bond acceptors (Lipinski definition) is 3. The van der Waals surface area contributed by atoms with Crippen molar-refractivity contribution in [3.8, 4) is 0 Å². The van der Waals surface area contributed by atoms with Crippen LogP contribution in [-0.4, -0.2) is 12.3 Å². The SMILES string of the molecule is CCc1ccc(CC(=O)C2(CN)CC2)s1. The van der Waals surface area contributed by atoms with E-state index < -0.39 is 0 Å². The van der Waals surface area contributed by atoms with Crippen LogP contribution in [0.1, 0.15) is 29.5 Å². The van der Waals surface area contributed by atoms with Gasteiger partial charge in [0.1, 0.15) is 5.78 Å². The predicted molar refractivity (Wildman–Crippen MR) is 63.1 cm³/mol. The third kappa shape index (κ3) is 2.13. The molecule has 1 aliphatic carbocycles. The Hall–Kier alpha value is -0.670. The van der Waals surface area contributed by atoms with E-state index in [1.807, 2.05) is 0 Å². The lowest BCUT2D eigenvalue weighted by atomic mass is 9.98. The number of Topliss-reactive ketones (excluding diaryl/α,β-unsaturated/α-hetero) is 1. The molecule has 1 aromatic rings. The van der Waals surface area contributed by atoms with Crippen LogP contribution in [0.25, 0.3) is 0 Å². The highest BCUT2D eigenvalue weighted by atomic mass is 32.1. The van der Waals surface area contributed by atoms with Gasteiger partial charge in [-0.3, -0.25) is 4.79 Å². The number of hydrogen-bond donors (Lipinski definition) is 1. The maximum Gasteiger partial charge on any atom is 0.145 e. The second-order valence-electron chi connectivity index (χ2n) is 4.31. The molecule has 0 spiro atoms. The molecule has 0 amide bonds. The zero-order valence-corrected chi connectivity index (χ0v) is 9.90. The molecule has 2 nitrogen and oxygen atoms in total. The van der Waals surface area contributed by atoms with E-state index in [0.29, 0.717) is 18.7 Å². The van der Waals surface area contributed by atoms with Gasteiger partial charge in [-0.15, -0.1) is 11.3 Å². The van der Waals surface area contributed by atoms with Crippen molar-refractivity contribution < 1.29 is 4.79 Å². The van der Waals surface area contributed by atoms with Gasteiger partial charge in [0.15, 0.2) is 0 Å². The third-order valence-electron chi connectivity index (χ3n) is 3.24. The van der Waals surface area contributed by atoms with Gasteiger partial charge in [-0.05, 0) is 31.4 Å². The Morgan fingerprint density at radius 1 is 1.47 bits per heavy atom. The molecule has 1 fully saturated rings. The van der Waals surface area contributed by atoms with Gasteiger partial charge in [0.25, 0.3) is 0 Å². The summed E-state index contributed by atoms with van der Waals surface area (Å²) in [6, 6.07) is 4.20. The Bertz CT molecular complexity index is 365. The van der Waals surface area contributed by atoms with Gasteiger partial charge in [-0.25, -0.2) is 0 Å². The first-order valence-electron chi connectivity index (χ1n) is 5.51. The van der Waals surface area contributed by atoms with Crippen LogP contribution >= 0.6 is 11.3 Å². The van der Waals surface area contributed by atoms with Crippen LogP contribution in [-0.2, 0) is 17.6 Å². The van der Waals surface area contributed by atoms with E-state index in [9.17, 15) is 4.79 Å². The fourth-order valence-electron chi connectivity index (χ4n) is 1.80. The van der Waals surface area contributed by atoms with Crippen molar-refractivity contribution in [2.45, 2.75) is 32.6 Å². The Balaban J connectivity index is 2.00. The number of thiophene rings is 1. The molecule has 1 saturated carbocycles. The predicted octanol–water partition coefficient (Wildman–Crippen LogP) is 2.16. The van der Waals surface area contributed by atoms with Gasteiger partial charge in [0.2, 0.25) is 0 Å². The fourth-order valence-corrected chi connectivity index (χ4v) is 2.76. The number of aryl methyl sites for hydroxylation is 1. The molecule has 82 valence electrons. The molecular formula is C12H17NOS. The van der Waals surface area contributed by atoms with Gasteiger partial charge in [0.05, 0.1) is 0 Å². The highest BCUT2D eigenvalue weighted by Crippen LogP contribution is 2.46. The van der Waals surface area contributed by atoms with Gasteiger partial charge in [0, 0.05) is 28.1 Å². The largest absolute Gasteiger partial charge is 0.329 e. The second-order valence-corrected chi connectivity index (χ2v) is 5.56. The van der Waals surface area contributed by atoms with Crippen molar-refractivity contribution in [2.75, 3.05) is 6.54 Å². The standard InChI is InChI=1S/C12H17NOS/c1-2-9-3-4-10(15-9)7-11(14)12(8-13)5-6-12/h3-4H,2,5-8,13H2,1H3. The Morgan fingerprint density at radius 3 is 2.60 bits per heavy atom. The second kappa shape index (κ2) is 4.06. The molecule has 2 rings (SSSR count). The molecule has 1 aromatic heterocycles. The first kappa shape index (κ1) is 10.8. The minimum absolute atomic E-state index is 0.142. The summed E-state index contributed by atoms with van der Waals surface area (Å²) in [7, 11) is 0. The highest BCUT2D eigenvalue weighted by molar-refractivity contribution is 7.12. The van der Waals surface area contributed by atoms with Crippen LogP contribution < -0.4 is 5.73 Å². The summed E-state index contributed by atoms with van der Waals surface area (Å²) in [5.74, 6) is 0.342. The van der Waals surface area contributed by atoms with Crippen LogP contribution in [0.4, 0.5) is 0 Å². The molecule has 0 aliphatic heterocycles. The highest BCUT2D eigenvalue weighted by Gasteiger charge is 2.47. The van der Waals surface area contributed by atoms with Gasteiger partial charge in [-0.1, -0.05) is 6.92 Å². The normalized spacial score (nSPS) is 17.7. The van der Waals surface area contributed by atoms with E-state index in [-0.39, 0.29) is 5.41 Å². The Morgan fingerprint density at radius 2 is 2.13 bits per heavy atom. The Labute approximate surface area is 94.5 Å². The maximum absolute atomic E-state index is 12.0. The molecule has 2 N–H and O–H groups in total. The molecule has 0 bridgehead atoms. The van der Waals surface area contributed by atoms with Gasteiger partial charge in [-0.2, -0.15) is 0 Å². The zero-order valence-electron chi connectivity index (χ0n) is 9.08. The number of carbonyl (C=O) groups is 1. The van der Waals surface area contributed by atoms with Crippen LogP contribution in [0.2, 0.25) is 0 Å². The van der Waals surface area contributed by atoms with Crippen LogP contribution in [0.5, 0.6) is 0 Å². The molecule has 1 aliphatic rings. The van der Waals surface area contributed by atoms with Crippen LogP contribution in [0.3, 0.4) is 0 Å². The average molecular weight is 223 g/mol. The molecule has 1 heterocycles. The van der Waals surface area contributed by atoms with Crippen molar-refractivity contribution >= 4 is 17.1 Å². The van der Waals surface area contributed by atoms with Crippen LogP contribution in [0.15, 0.2) is 12.1 Å². The lowest BCUT2D eigenvalue weighted by Crippen LogP contribution is -2.26. The maximum atomic E-state index is 12.0. The summed E-state index contributed by atoms with van der Waals surface area (Å²) in [6.45, 7) is 2.66. The van der Waals surface area contributed by atoms with E-state index in [2.05, 4.69) is 19.1 Å². The smallest absolute Gasteiger partial charge is 0.145 e. The molecule has 0 atom stereocenters. The van der Waals surface area contributed by atoms with Crippen molar-refractivity contribution in [3.63, 3.8) is 0 Å². The topological polar surface area (TPSA) is 43.1 Å². The fraction of sp³-hybridized carbons (Fsp3) is 0.583. The first-order valence-corrected chi connectivity index (χ1v) is 6.33. The van der Waals surface area contributed by atoms with Crippen molar-refractivity contribution in [1.29, 1.82) is 0 Å².